The second-order valence-electron chi connectivity index (χ2n) is 5.59. The van der Waals surface area contributed by atoms with E-state index in [9.17, 15) is 9.90 Å². The van der Waals surface area contributed by atoms with Crippen molar-refractivity contribution in [1.29, 1.82) is 0 Å². The fraction of sp³-hybridized carbons (Fsp3) is 0.375. The molecule has 0 radical (unpaired) electrons. The molecule has 5 nitrogen and oxygen atoms in total. The number of H-pyrrole nitrogens is 1. The van der Waals surface area contributed by atoms with Crippen LogP contribution < -0.4 is 5.32 Å². The zero-order valence-electron chi connectivity index (χ0n) is 12.6. The number of rotatable bonds is 5. The van der Waals surface area contributed by atoms with E-state index in [2.05, 4.69) is 29.4 Å². The normalized spacial score (nSPS) is 12.4. The minimum absolute atomic E-state index is 0.283. The van der Waals surface area contributed by atoms with E-state index in [0.29, 0.717) is 22.9 Å². The van der Waals surface area contributed by atoms with Crippen LogP contribution in [0.4, 0.5) is 5.69 Å². The Morgan fingerprint density at radius 1 is 1.33 bits per heavy atom. The number of nitrogens with one attached hydrogen (secondary N) is 2. The molecular weight excluding hydrogens is 266 g/mol. The summed E-state index contributed by atoms with van der Waals surface area (Å²) >= 11 is 0. The van der Waals surface area contributed by atoms with Gasteiger partial charge in [0.2, 0.25) is 0 Å². The van der Waals surface area contributed by atoms with Crippen LogP contribution >= 0.6 is 0 Å². The summed E-state index contributed by atoms with van der Waals surface area (Å²) in [7, 11) is 0. The number of aromatic nitrogens is 2. The average molecular weight is 287 g/mol. The summed E-state index contributed by atoms with van der Waals surface area (Å²) in [5.41, 5.74) is 2.58. The molecule has 1 amide bonds. The number of benzene rings is 1. The predicted octanol–water partition coefficient (Wildman–Crippen LogP) is 2.91. The first-order valence-electron chi connectivity index (χ1n) is 7.10. The van der Waals surface area contributed by atoms with Crippen molar-refractivity contribution in [1.82, 2.24) is 10.2 Å². The number of para-hydroxylation sites is 1. The average Bonchev–Trinajstić information content (AvgIpc) is 2.86. The first-order valence-corrected chi connectivity index (χ1v) is 7.10. The van der Waals surface area contributed by atoms with Gasteiger partial charge in [0.25, 0.3) is 5.91 Å². The third kappa shape index (κ3) is 3.92. The van der Waals surface area contributed by atoms with Crippen molar-refractivity contribution in [2.24, 2.45) is 5.92 Å². The molecule has 1 aromatic carbocycles. The first-order chi connectivity index (χ1) is 9.97. The maximum Gasteiger partial charge on any atom is 0.276 e. The fourth-order valence-electron chi connectivity index (χ4n) is 2.18. The predicted molar refractivity (Wildman–Crippen MR) is 82.2 cm³/mol. The van der Waals surface area contributed by atoms with Crippen molar-refractivity contribution >= 4 is 11.6 Å². The molecule has 0 aliphatic heterocycles. The molecule has 1 unspecified atom stereocenters. The van der Waals surface area contributed by atoms with Crippen LogP contribution in [0.15, 0.2) is 30.3 Å². The van der Waals surface area contributed by atoms with Gasteiger partial charge >= 0.3 is 0 Å². The Balaban J connectivity index is 2.13. The van der Waals surface area contributed by atoms with Crippen LogP contribution in [0.2, 0.25) is 0 Å². The van der Waals surface area contributed by atoms with Gasteiger partial charge < -0.3 is 10.4 Å². The highest BCUT2D eigenvalue weighted by molar-refractivity contribution is 6.03. The lowest BCUT2D eigenvalue weighted by Crippen LogP contribution is -2.14. The Morgan fingerprint density at radius 3 is 2.71 bits per heavy atom. The molecule has 5 heteroatoms. The van der Waals surface area contributed by atoms with Gasteiger partial charge in [-0.1, -0.05) is 32.0 Å². The van der Waals surface area contributed by atoms with Crippen molar-refractivity contribution in [2.75, 3.05) is 5.32 Å². The molecule has 1 atom stereocenters. The van der Waals surface area contributed by atoms with Gasteiger partial charge in [-0.3, -0.25) is 9.89 Å². The largest absolute Gasteiger partial charge is 0.389 e. The molecule has 0 saturated heterocycles. The highest BCUT2D eigenvalue weighted by atomic mass is 16.3. The molecule has 0 saturated carbocycles. The number of hydrogen-bond donors (Lipinski definition) is 3. The number of carbonyl (C=O) groups excluding carboxylic acids is 1. The van der Waals surface area contributed by atoms with Crippen LogP contribution in [0.3, 0.4) is 0 Å². The smallest absolute Gasteiger partial charge is 0.276 e. The summed E-state index contributed by atoms with van der Waals surface area (Å²) in [6, 6.07) is 8.96. The molecule has 0 bridgehead atoms. The van der Waals surface area contributed by atoms with Crippen LogP contribution in [0, 0.1) is 5.92 Å². The third-order valence-corrected chi connectivity index (χ3v) is 3.15. The van der Waals surface area contributed by atoms with Crippen LogP contribution in [-0.4, -0.2) is 21.2 Å². The number of hydrogen-bond acceptors (Lipinski definition) is 3. The van der Waals surface area contributed by atoms with Crippen molar-refractivity contribution in [3.63, 3.8) is 0 Å². The molecule has 2 rings (SSSR count). The Kier molecular flexibility index (Phi) is 4.75. The summed E-state index contributed by atoms with van der Waals surface area (Å²) in [4.78, 5) is 12.2. The Labute approximate surface area is 124 Å². The van der Waals surface area contributed by atoms with Gasteiger partial charge in [0.15, 0.2) is 5.69 Å². The molecule has 21 heavy (non-hydrogen) atoms. The number of aliphatic hydroxyl groups is 1. The van der Waals surface area contributed by atoms with Crippen LogP contribution in [0.1, 0.15) is 48.6 Å². The summed E-state index contributed by atoms with van der Waals surface area (Å²) in [5, 5.41) is 19.4. The number of carbonyl (C=O) groups is 1. The monoisotopic (exact) mass is 287 g/mol. The maximum atomic E-state index is 12.2. The molecule has 1 heterocycles. The molecule has 3 N–H and O–H groups in total. The fourth-order valence-corrected chi connectivity index (χ4v) is 2.18. The van der Waals surface area contributed by atoms with Crippen molar-refractivity contribution in [2.45, 2.75) is 33.3 Å². The number of anilines is 1. The van der Waals surface area contributed by atoms with Gasteiger partial charge in [-0.2, -0.15) is 5.10 Å². The molecule has 0 aliphatic rings. The zero-order chi connectivity index (χ0) is 15.4. The summed E-state index contributed by atoms with van der Waals surface area (Å²) < 4.78 is 0. The van der Waals surface area contributed by atoms with E-state index in [1.807, 2.05) is 12.1 Å². The van der Waals surface area contributed by atoms with Gasteiger partial charge in [0.1, 0.15) is 0 Å². The minimum atomic E-state index is -0.641. The van der Waals surface area contributed by atoms with Gasteiger partial charge in [0, 0.05) is 16.9 Å². The lowest BCUT2D eigenvalue weighted by Gasteiger charge is -2.12. The zero-order valence-corrected chi connectivity index (χ0v) is 12.6. The lowest BCUT2D eigenvalue weighted by molar-refractivity contribution is 0.102. The van der Waals surface area contributed by atoms with Crippen molar-refractivity contribution in [3.8, 4) is 0 Å². The Bertz CT molecular complexity index is 617. The topological polar surface area (TPSA) is 78.0 Å². The SMILES string of the molecule is CC(C)Cc1cc(C(=O)Nc2ccccc2C(C)O)n[nH]1. The summed E-state index contributed by atoms with van der Waals surface area (Å²) in [6.07, 6.45) is 0.210. The van der Waals surface area contributed by atoms with E-state index in [4.69, 9.17) is 0 Å². The number of aromatic amines is 1. The van der Waals surface area contributed by atoms with E-state index in [0.717, 1.165) is 12.1 Å². The maximum absolute atomic E-state index is 12.2. The van der Waals surface area contributed by atoms with E-state index in [1.165, 1.54) is 0 Å². The highest BCUT2D eigenvalue weighted by Crippen LogP contribution is 2.22. The minimum Gasteiger partial charge on any atom is -0.389 e. The molecule has 2 aromatic rings. The van der Waals surface area contributed by atoms with Crippen LogP contribution in [0.25, 0.3) is 0 Å². The second kappa shape index (κ2) is 6.54. The van der Waals surface area contributed by atoms with Gasteiger partial charge in [-0.05, 0) is 31.4 Å². The van der Waals surface area contributed by atoms with Gasteiger partial charge in [-0.25, -0.2) is 0 Å². The first kappa shape index (κ1) is 15.3. The molecule has 1 aromatic heterocycles. The standard InChI is InChI=1S/C16H21N3O2/c1-10(2)8-12-9-15(19-18-12)16(21)17-14-7-5-4-6-13(14)11(3)20/h4-7,9-11,20H,8H2,1-3H3,(H,17,21)(H,18,19). The third-order valence-electron chi connectivity index (χ3n) is 3.15. The summed E-state index contributed by atoms with van der Waals surface area (Å²) in [6.45, 7) is 5.89. The summed E-state index contributed by atoms with van der Waals surface area (Å²) in [5.74, 6) is 0.215. The molecule has 0 spiro atoms. The number of nitrogens with zero attached hydrogens (tertiary/aromatic N) is 1. The van der Waals surface area contributed by atoms with Crippen molar-refractivity contribution in [3.05, 3.63) is 47.3 Å². The molecule has 0 fully saturated rings. The molecular formula is C16H21N3O2. The lowest BCUT2D eigenvalue weighted by atomic mass is 10.1. The van der Waals surface area contributed by atoms with Crippen LogP contribution in [-0.2, 0) is 6.42 Å². The highest BCUT2D eigenvalue weighted by Gasteiger charge is 2.14. The van der Waals surface area contributed by atoms with Crippen molar-refractivity contribution < 1.29 is 9.90 Å². The van der Waals surface area contributed by atoms with Gasteiger partial charge in [0.05, 0.1) is 6.10 Å². The Morgan fingerprint density at radius 2 is 2.05 bits per heavy atom. The second-order valence-corrected chi connectivity index (χ2v) is 5.59. The quantitative estimate of drug-likeness (QED) is 0.791. The number of aliphatic hydroxyl groups excluding tert-OH is 1. The van der Waals surface area contributed by atoms with E-state index in [-0.39, 0.29) is 5.91 Å². The van der Waals surface area contributed by atoms with Gasteiger partial charge in [-0.15, -0.1) is 0 Å². The Hall–Kier alpha value is -2.14. The van der Waals surface area contributed by atoms with E-state index < -0.39 is 6.10 Å². The van der Waals surface area contributed by atoms with E-state index >= 15 is 0 Å². The van der Waals surface area contributed by atoms with Crippen LogP contribution in [0.5, 0.6) is 0 Å². The van der Waals surface area contributed by atoms with E-state index in [1.54, 1.807) is 25.1 Å². The number of amides is 1. The molecule has 112 valence electrons. The molecule has 0 aliphatic carbocycles.